The number of nitrogens with one attached hydrogen (secondary N) is 2. The van der Waals surface area contributed by atoms with E-state index in [2.05, 4.69) is 41.3 Å². The molecule has 1 aliphatic heterocycles. The van der Waals surface area contributed by atoms with E-state index in [9.17, 15) is 0 Å². The summed E-state index contributed by atoms with van der Waals surface area (Å²) in [5.74, 6) is 1.90. The van der Waals surface area contributed by atoms with Crippen molar-refractivity contribution in [3.63, 3.8) is 0 Å². The van der Waals surface area contributed by atoms with Gasteiger partial charge >= 0.3 is 0 Å². The van der Waals surface area contributed by atoms with Gasteiger partial charge in [0.2, 0.25) is 0 Å². The molecule has 0 unspecified atom stereocenters. The summed E-state index contributed by atoms with van der Waals surface area (Å²) in [5.41, 5.74) is 0. The van der Waals surface area contributed by atoms with Crippen LogP contribution >= 0.6 is 0 Å². The van der Waals surface area contributed by atoms with Gasteiger partial charge in [0.25, 0.3) is 0 Å². The predicted molar refractivity (Wildman–Crippen MR) is 83.7 cm³/mol. The summed E-state index contributed by atoms with van der Waals surface area (Å²) in [4.78, 5) is 7.10. The lowest BCUT2D eigenvalue weighted by Gasteiger charge is -2.30. The van der Waals surface area contributed by atoms with Crippen molar-refractivity contribution in [3.8, 4) is 0 Å². The van der Waals surface area contributed by atoms with E-state index in [1.807, 2.05) is 0 Å². The van der Waals surface area contributed by atoms with Crippen LogP contribution in [-0.4, -0.2) is 50.1 Å². The van der Waals surface area contributed by atoms with Crippen LogP contribution in [0.5, 0.6) is 0 Å². The molecule has 112 valence electrons. The van der Waals surface area contributed by atoms with Gasteiger partial charge in [-0.15, -0.1) is 0 Å². The normalized spacial score (nSPS) is 18.6. The maximum atomic E-state index is 4.51. The molecule has 1 saturated heterocycles. The van der Waals surface area contributed by atoms with E-state index >= 15 is 0 Å². The fourth-order valence-corrected chi connectivity index (χ4v) is 2.36. The predicted octanol–water partition coefficient (Wildman–Crippen LogP) is 2.07. The Morgan fingerprint density at radius 3 is 2.58 bits per heavy atom. The van der Waals surface area contributed by atoms with Crippen LogP contribution in [0.1, 0.15) is 46.5 Å². The van der Waals surface area contributed by atoms with E-state index in [0.29, 0.717) is 0 Å². The Hall–Kier alpha value is -0.770. The van der Waals surface area contributed by atoms with E-state index in [-0.39, 0.29) is 0 Å². The molecule has 1 aliphatic rings. The van der Waals surface area contributed by atoms with Crippen molar-refractivity contribution in [1.82, 2.24) is 15.5 Å². The second-order valence-electron chi connectivity index (χ2n) is 5.57. The SMILES string of the molecule is CCCN=C(NCC)NCCCN1CCC(C)CC1. The van der Waals surface area contributed by atoms with Crippen LogP contribution in [0.4, 0.5) is 0 Å². The summed E-state index contributed by atoms with van der Waals surface area (Å²) in [7, 11) is 0. The van der Waals surface area contributed by atoms with Crippen LogP contribution in [0.2, 0.25) is 0 Å². The topological polar surface area (TPSA) is 39.7 Å². The molecule has 0 amide bonds. The van der Waals surface area contributed by atoms with Gasteiger partial charge in [-0.2, -0.15) is 0 Å². The van der Waals surface area contributed by atoms with Gasteiger partial charge in [0.05, 0.1) is 0 Å². The summed E-state index contributed by atoms with van der Waals surface area (Å²) in [6.07, 6.45) is 5.04. The molecule has 4 nitrogen and oxygen atoms in total. The molecule has 1 rings (SSSR count). The molecule has 0 aromatic heterocycles. The van der Waals surface area contributed by atoms with Gasteiger partial charge in [-0.3, -0.25) is 4.99 Å². The average Bonchev–Trinajstić information content (AvgIpc) is 2.42. The van der Waals surface area contributed by atoms with Gasteiger partial charge in [-0.05, 0) is 58.2 Å². The first-order valence-corrected chi connectivity index (χ1v) is 8.00. The fourth-order valence-electron chi connectivity index (χ4n) is 2.36. The number of hydrogen-bond donors (Lipinski definition) is 2. The molecule has 4 heteroatoms. The Morgan fingerprint density at radius 2 is 1.95 bits per heavy atom. The number of guanidine groups is 1. The minimum Gasteiger partial charge on any atom is -0.357 e. The van der Waals surface area contributed by atoms with E-state index < -0.39 is 0 Å². The largest absolute Gasteiger partial charge is 0.357 e. The summed E-state index contributed by atoms with van der Waals surface area (Å²) in [6, 6.07) is 0. The van der Waals surface area contributed by atoms with Gasteiger partial charge in [0.15, 0.2) is 5.96 Å². The third-order valence-electron chi connectivity index (χ3n) is 3.66. The molecule has 0 bridgehead atoms. The second kappa shape index (κ2) is 10.1. The molecular formula is C15H32N4. The lowest BCUT2D eigenvalue weighted by Crippen LogP contribution is -2.39. The number of nitrogens with zero attached hydrogens (tertiary/aromatic N) is 2. The summed E-state index contributed by atoms with van der Waals surface area (Å²) in [5, 5.41) is 6.70. The molecule has 0 atom stereocenters. The first-order valence-electron chi connectivity index (χ1n) is 8.00. The van der Waals surface area contributed by atoms with Gasteiger partial charge in [0, 0.05) is 19.6 Å². The second-order valence-corrected chi connectivity index (χ2v) is 5.57. The van der Waals surface area contributed by atoms with Gasteiger partial charge in [-0.25, -0.2) is 0 Å². The van der Waals surface area contributed by atoms with E-state index in [4.69, 9.17) is 0 Å². The molecule has 2 N–H and O–H groups in total. The Kier molecular flexibility index (Phi) is 8.63. The molecule has 0 aromatic carbocycles. The van der Waals surface area contributed by atoms with Gasteiger partial charge in [-0.1, -0.05) is 13.8 Å². The highest BCUT2D eigenvalue weighted by Crippen LogP contribution is 2.15. The molecule has 0 saturated carbocycles. The number of hydrogen-bond acceptors (Lipinski definition) is 2. The Labute approximate surface area is 119 Å². The quantitative estimate of drug-likeness (QED) is 0.422. The molecule has 0 radical (unpaired) electrons. The zero-order chi connectivity index (χ0) is 13.9. The van der Waals surface area contributed by atoms with Crippen molar-refractivity contribution >= 4 is 5.96 Å². The van der Waals surface area contributed by atoms with Crippen molar-refractivity contribution in [2.75, 3.05) is 39.3 Å². The average molecular weight is 268 g/mol. The highest BCUT2D eigenvalue weighted by molar-refractivity contribution is 5.79. The summed E-state index contributed by atoms with van der Waals surface area (Å²) < 4.78 is 0. The monoisotopic (exact) mass is 268 g/mol. The number of aliphatic imine (C=N–C) groups is 1. The van der Waals surface area contributed by atoms with Gasteiger partial charge < -0.3 is 15.5 Å². The van der Waals surface area contributed by atoms with Crippen molar-refractivity contribution < 1.29 is 0 Å². The maximum absolute atomic E-state index is 4.51. The molecular weight excluding hydrogens is 236 g/mol. The van der Waals surface area contributed by atoms with Crippen molar-refractivity contribution in [3.05, 3.63) is 0 Å². The highest BCUT2D eigenvalue weighted by atomic mass is 15.2. The zero-order valence-electron chi connectivity index (χ0n) is 13.0. The highest BCUT2D eigenvalue weighted by Gasteiger charge is 2.14. The molecule has 1 fully saturated rings. The van der Waals surface area contributed by atoms with Crippen molar-refractivity contribution in [2.24, 2.45) is 10.9 Å². The van der Waals surface area contributed by atoms with E-state index in [0.717, 1.165) is 37.9 Å². The van der Waals surface area contributed by atoms with Crippen molar-refractivity contribution in [2.45, 2.75) is 46.5 Å². The third kappa shape index (κ3) is 7.41. The Morgan fingerprint density at radius 1 is 1.21 bits per heavy atom. The lowest BCUT2D eigenvalue weighted by molar-refractivity contribution is 0.191. The first kappa shape index (κ1) is 16.3. The number of likely N-dealkylation sites (tertiary alicyclic amines) is 1. The number of rotatable bonds is 7. The number of piperidine rings is 1. The Bertz CT molecular complexity index is 245. The van der Waals surface area contributed by atoms with Crippen molar-refractivity contribution in [1.29, 1.82) is 0 Å². The molecule has 0 aromatic rings. The fraction of sp³-hybridized carbons (Fsp3) is 0.933. The molecule has 1 heterocycles. The summed E-state index contributed by atoms with van der Waals surface area (Å²) in [6.45, 7) is 13.3. The first-order chi connectivity index (χ1) is 9.26. The van der Waals surface area contributed by atoms with Crippen LogP contribution in [0.25, 0.3) is 0 Å². The van der Waals surface area contributed by atoms with Crippen LogP contribution in [-0.2, 0) is 0 Å². The maximum Gasteiger partial charge on any atom is 0.191 e. The Balaban J connectivity index is 2.11. The molecule has 0 aliphatic carbocycles. The molecule has 0 spiro atoms. The smallest absolute Gasteiger partial charge is 0.191 e. The van der Waals surface area contributed by atoms with Crippen LogP contribution < -0.4 is 10.6 Å². The van der Waals surface area contributed by atoms with Crippen LogP contribution in [0.3, 0.4) is 0 Å². The van der Waals surface area contributed by atoms with E-state index in [1.54, 1.807) is 0 Å². The zero-order valence-corrected chi connectivity index (χ0v) is 13.0. The lowest BCUT2D eigenvalue weighted by atomic mass is 9.99. The van der Waals surface area contributed by atoms with E-state index in [1.165, 1.54) is 38.9 Å². The third-order valence-corrected chi connectivity index (χ3v) is 3.66. The van der Waals surface area contributed by atoms with Gasteiger partial charge in [0.1, 0.15) is 0 Å². The standard InChI is InChI=1S/C15H32N4/c1-4-9-17-15(16-5-2)18-10-6-11-19-12-7-14(3)8-13-19/h14H,4-13H2,1-3H3,(H2,16,17,18). The summed E-state index contributed by atoms with van der Waals surface area (Å²) >= 11 is 0. The minimum atomic E-state index is 0.902. The minimum absolute atomic E-state index is 0.902. The van der Waals surface area contributed by atoms with Crippen LogP contribution in [0.15, 0.2) is 4.99 Å². The molecule has 19 heavy (non-hydrogen) atoms. The van der Waals surface area contributed by atoms with Crippen LogP contribution in [0, 0.1) is 5.92 Å².